The van der Waals surface area contributed by atoms with Crippen molar-refractivity contribution in [1.82, 2.24) is 0 Å². The molecule has 0 unspecified atom stereocenters. The van der Waals surface area contributed by atoms with Crippen molar-refractivity contribution in [2.45, 2.75) is 0 Å². The van der Waals surface area contributed by atoms with E-state index in [1.807, 2.05) is 0 Å². The van der Waals surface area contributed by atoms with Crippen LogP contribution in [0.3, 0.4) is 0 Å². The largest absolute Gasteiger partial charge is 0.543 e. The van der Waals surface area contributed by atoms with E-state index in [9.17, 15) is 4.21 Å². The Morgan fingerprint density at radius 1 is 1.83 bits per heavy atom. The summed E-state index contributed by atoms with van der Waals surface area (Å²) in [6.07, 6.45) is 0. The molecule has 5 heteroatoms. The number of nitroso groups, excluding NO2 is 1. The topological polar surface area (TPSA) is 46.5 Å². The average Bonchev–Trinajstić information content (AvgIpc) is 1.65. The molecule has 0 aromatic carbocycles. The highest BCUT2D eigenvalue weighted by atomic mass is 32.2. The second-order valence-corrected chi connectivity index (χ2v) is 1.64. The third-order valence-corrected chi connectivity index (χ3v) is 0.642. The zero-order chi connectivity index (χ0) is 4.99. The van der Waals surface area contributed by atoms with Gasteiger partial charge in [0.05, 0.1) is 0 Å². The van der Waals surface area contributed by atoms with Crippen molar-refractivity contribution >= 4 is 28.2 Å². The van der Waals surface area contributed by atoms with E-state index in [-0.39, 0.29) is 11.7 Å². The van der Waals surface area contributed by atoms with E-state index in [0.29, 0.717) is 0 Å². The minimum Gasteiger partial charge on any atom is -0.139 e. The van der Waals surface area contributed by atoms with Crippen molar-refractivity contribution in [3.8, 4) is 0 Å². The Morgan fingerprint density at radius 2 is 2.33 bits per heavy atom. The summed E-state index contributed by atoms with van der Waals surface area (Å²) in [4.78, 5) is 9.12. The van der Waals surface area contributed by atoms with Crippen molar-refractivity contribution in [2.75, 3.05) is 0 Å². The molecule has 0 saturated heterocycles. The second kappa shape index (κ2) is 2.92. The standard InChI is InChI=1S/CNO2S2/c3-2-1(5)6-4/q+1. The number of hydrogen-bond donors (Lipinski definition) is 0. The highest BCUT2D eigenvalue weighted by Crippen LogP contribution is 1.71. The highest BCUT2D eigenvalue weighted by molar-refractivity contribution is 8.03. The summed E-state index contributed by atoms with van der Waals surface area (Å²) < 4.78 is 8.95. The summed E-state index contributed by atoms with van der Waals surface area (Å²) in [7, 11) is 0. The van der Waals surface area contributed by atoms with Crippen LogP contribution in [0.1, 0.15) is 0 Å². The molecule has 0 saturated carbocycles. The molecular weight excluding hydrogens is 122 g/mol. The fraction of sp³-hybridized carbons (Fsp3) is 0. The first kappa shape index (κ1) is 5.71. The predicted octanol–water partition coefficient (Wildman–Crippen LogP) is 0.466. The fourth-order valence-corrected chi connectivity index (χ4v) is 0.0456. The molecule has 0 heterocycles. The van der Waals surface area contributed by atoms with Gasteiger partial charge in [0.1, 0.15) is 0 Å². The van der Waals surface area contributed by atoms with Crippen molar-refractivity contribution in [3.05, 3.63) is 4.91 Å². The first-order valence-electron chi connectivity index (χ1n) is 0.981. The van der Waals surface area contributed by atoms with E-state index in [1.165, 1.54) is 0 Å². The van der Waals surface area contributed by atoms with E-state index >= 15 is 0 Å². The minimum atomic E-state index is -0.394. The maximum Gasteiger partial charge on any atom is 0.543 e. The molecule has 0 bridgehead atoms. The molecule has 0 spiro atoms. The van der Waals surface area contributed by atoms with Crippen LogP contribution in [0, 0.1) is 4.91 Å². The minimum absolute atomic E-state index is 0.0729. The fourth-order valence-electron chi connectivity index (χ4n) is 0.0152. The van der Waals surface area contributed by atoms with Crippen LogP contribution >= 0.6 is 12.2 Å². The zero-order valence-electron chi connectivity index (χ0n) is 2.58. The molecule has 32 valence electrons. The molecule has 0 radical (unpaired) electrons. The molecule has 3 nitrogen and oxygen atoms in total. The lowest BCUT2D eigenvalue weighted by Crippen LogP contribution is -1.77. The smallest absolute Gasteiger partial charge is 0.139 e. The summed E-state index contributed by atoms with van der Waals surface area (Å²) in [5, 5.41) is 2.14. The molecule has 0 aromatic rings. The van der Waals surface area contributed by atoms with Crippen LogP contribution in [0.4, 0.5) is 0 Å². The van der Waals surface area contributed by atoms with Gasteiger partial charge in [-0.05, 0) is 0 Å². The van der Waals surface area contributed by atoms with Crippen LogP contribution in [-0.4, -0.2) is 4.32 Å². The number of nitrogens with zero attached hydrogens (tertiary/aromatic N) is 1. The van der Waals surface area contributed by atoms with Gasteiger partial charge in [-0.3, -0.25) is 0 Å². The molecule has 0 aliphatic rings. The van der Waals surface area contributed by atoms with E-state index in [1.54, 1.807) is 0 Å². The lowest BCUT2D eigenvalue weighted by atomic mass is 11.5. The molecule has 0 aromatic heterocycles. The summed E-state index contributed by atoms with van der Waals surface area (Å²) in [6.45, 7) is 0. The monoisotopic (exact) mass is 122 g/mol. The third-order valence-electron chi connectivity index (χ3n) is 0.146. The molecule has 0 N–H and O–H groups in total. The van der Waals surface area contributed by atoms with Gasteiger partial charge >= 0.3 is 16.0 Å². The van der Waals surface area contributed by atoms with Gasteiger partial charge in [0, 0.05) is 21.6 Å². The molecule has 0 amide bonds. The predicted molar refractivity (Wildman–Crippen MR) is 26.4 cm³/mol. The van der Waals surface area contributed by atoms with Crippen LogP contribution in [-0.2, 0) is 15.9 Å². The van der Waals surface area contributed by atoms with Gasteiger partial charge in [-0.1, -0.05) is 0 Å². The summed E-state index contributed by atoms with van der Waals surface area (Å²) in [6, 6.07) is 0. The van der Waals surface area contributed by atoms with E-state index in [2.05, 4.69) is 17.4 Å². The Kier molecular flexibility index (Phi) is 2.78. The molecular formula is CNO2S2+. The van der Waals surface area contributed by atoms with Crippen LogP contribution < -0.4 is 0 Å². The van der Waals surface area contributed by atoms with Gasteiger partial charge < -0.3 is 0 Å². The maximum absolute atomic E-state index is 9.34. The van der Waals surface area contributed by atoms with Crippen molar-refractivity contribution < 1.29 is 4.21 Å². The van der Waals surface area contributed by atoms with Crippen molar-refractivity contribution in [3.63, 3.8) is 0 Å². The molecule has 0 fully saturated rings. The molecule has 0 atom stereocenters. The van der Waals surface area contributed by atoms with E-state index in [0.717, 1.165) is 0 Å². The summed E-state index contributed by atoms with van der Waals surface area (Å²) in [5.41, 5.74) is 0. The second-order valence-electron chi connectivity index (χ2n) is 0.441. The van der Waals surface area contributed by atoms with Gasteiger partial charge in [-0.2, -0.15) is 0 Å². The first-order valence-corrected chi connectivity index (χ1v) is 2.13. The van der Waals surface area contributed by atoms with Crippen LogP contribution in [0.15, 0.2) is 5.18 Å². The molecule has 6 heavy (non-hydrogen) atoms. The number of hydrogen-bond acceptors (Lipinski definition) is 3. The lowest BCUT2D eigenvalue weighted by Gasteiger charge is -1.42. The summed E-state index contributed by atoms with van der Waals surface area (Å²) >= 11 is 3.95. The lowest BCUT2D eigenvalue weighted by molar-refractivity contribution is 0.609. The van der Waals surface area contributed by atoms with Crippen molar-refractivity contribution in [1.29, 1.82) is 0 Å². The molecule has 0 aliphatic carbocycles. The van der Waals surface area contributed by atoms with E-state index in [4.69, 9.17) is 4.91 Å². The Morgan fingerprint density at radius 3 is 2.33 bits per heavy atom. The Bertz CT molecular complexity index is 79.5. The quantitative estimate of drug-likeness (QED) is 0.266. The number of rotatable bonds is 0. The first-order chi connectivity index (χ1) is 2.81. The SMILES string of the molecule is O=NC(=S)[S+]=O. The van der Waals surface area contributed by atoms with Gasteiger partial charge in [-0.25, -0.2) is 0 Å². The Balaban J connectivity index is 3.52. The Hall–Kier alpha value is -0.290. The molecule has 0 rings (SSSR count). The van der Waals surface area contributed by atoms with Gasteiger partial charge in [0.15, 0.2) is 0 Å². The van der Waals surface area contributed by atoms with Gasteiger partial charge in [0.25, 0.3) is 0 Å². The third kappa shape index (κ3) is 1.98. The van der Waals surface area contributed by atoms with Gasteiger partial charge in [-0.15, -0.1) is 4.91 Å². The highest BCUT2D eigenvalue weighted by Gasteiger charge is 2.07. The van der Waals surface area contributed by atoms with Crippen LogP contribution in [0.25, 0.3) is 0 Å². The average molecular weight is 122 g/mol. The van der Waals surface area contributed by atoms with Crippen molar-refractivity contribution in [2.24, 2.45) is 5.18 Å². The normalized spacial score (nSPS) is 6.67. The summed E-state index contributed by atoms with van der Waals surface area (Å²) in [5.74, 6) is 0. The maximum atomic E-state index is 9.34. The molecule has 0 aliphatic heterocycles. The Labute approximate surface area is 43.2 Å². The zero-order valence-corrected chi connectivity index (χ0v) is 4.21. The van der Waals surface area contributed by atoms with Gasteiger partial charge in [0.2, 0.25) is 0 Å². The van der Waals surface area contributed by atoms with E-state index < -0.39 is 4.32 Å². The van der Waals surface area contributed by atoms with Crippen LogP contribution in [0.2, 0.25) is 0 Å². The van der Waals surface area contributed by atoms with Crippen LogP contribution in [0.5, 0.6) is 0 Å². The number of thiocarbonyl (C=S) groups is 1.